The zero-order chi connectivity index (χ0) is 8.97. The first-order valence-electron chi connectivity index (χ1n) is 4.26. The van der Waals surface area contributed by atoms with E-state index < -0.39 is 0 Å². The Morgan fingerprint density at radius 1 is 1.58 bits per heavy atom. The largest absolute Gasteiger partial charge is 0.385 e. The molecule has 12 heavy (non-hydrogen) atoms. The molecule has 0 amide bonds. The minimum atomic E-state index is 0.835. The molecule has 0 bridgehead atoms. The topological polar surface area (TPSA) is 18.0 Å². The number of ether oxygens (including phenoxy) is 1. The number of aryl methyl sites for hydroxylation is 2. The maximum Gasteiger partial charge on any atom is 0.253 e. The lowest BCUT2D eigenvalue weighted by atomic mass is 10.4. The summed E-state index contributed by atoms with van der Waals surface area (Å²) in [6.07, 6.45) is 5.25. The average Bonchev–Trinajstić information content (AvgIpc) is 2.36. The summed E-state index contributed by atoms with van der Waals surface area (Å²) in [5, 5.41) is 0. The molecule has 3 heteroatoms. The van der Waals surface area contributed by atoms with Crippen LogP contribution >= 0.6 is 0 Å². The third-order valence-corrected chi connectivity index (χ3v) is 2.14. The van der Waals surface area contributed by atoms with Gasteiger partial charge in [-0.2, -0.15) is 0 Å². The van der Waals surface area contributed by atoms with Gasteiger partial charge < -0.3 is 4.74 Å². The first kappa shape index (κ1) is 9.26. The minimum Gasteiger partial charge on any atom is -0.385 e. The van der Waals surface area contributed by atoms with Crippen molar-refractivity contribution in [3.63, 3.8) is 0 Å². The third kappa shape index (κ3) is 2.08. The number of imidazole rings is 1. The van der Waals surface area contributed by atoms with E-state index in [9.17, 15) is 0 Å². The predicted octanol–water partition coefficient (Wildman–Crippen LogP) is 0.658. The van der Waals surface area contributed by atoms with E-state index in [-0.39, 0.29) is 0 Å². The lowest BCUT2D eigenvalue weighted by Gasteiger charge is -1.98. The van der Waals surface area contributed by atoms with Crippen LogP contribution in [0.5, 0.6) is 0 Å². The monoisotopic (exact) mass is 169 g/mol. The highest BCUT2D eigenvalue weighted by molar-refractivity contribution is 4.78. The Morgan fingerprint density at radius 2 is 2.33 bits per heavy atom. The third-order valence-electron chi connectivity index (χ3n) is 2.14. The summed E-state index contributed by atoms with van der Waals surface area (Å²) in [4.78, 5) is 0. The standard InChI is InChI=1S/C9H17N2O/c1-9-10(2)6-7-11(9)5-4-8-12-3/h6-7H,4-5,8H2,1-3H3/q+1. The summed E-state index contributed by atoms with van der Waals surface area (Å²) in [7, 11) is 3.80. The van der Waals surface area contributed by atoms with Gasteiger partial charge >= 0.3 is 0 Å². The highest BCUT2D eigenvalue weighted by Gasteiger charge is 2.06. The number of nitrogens with zero attached hydrogens (tertiary/aromatic N) is 2. The summed E-state index contributed by atoms with van der Waals surface area (Å²) in [5.41, 5.74) is 0. The van der Waals surface area contributed by atoms with Crippen LogP contribution in [0.2, 0.25) is 0 Å². The fraction of sp³-hybridized carbons (Fsp3) is 0.667. The van der Waals surface area contributed by atoms with E-state index in [0.717, 1.165) is 19.6 Å². The van der Waals surface area contributed by atoms with Gasteiger partial charge in [-0.3, -0.25) is 0 Å². The van der Waals surface area contributed by atoms with Gasteiger partial charge in [0.05, 0.1) is 13.6 Å². The SMILES string of the molecule is COCCCn1cc[n+](C)c1C. The van der Waals surface area contributed by atoms with Crippen LogP contribution in [0.4, 0.5) is 0 Å². The molecule has 1 aromatic rings. The summed E-state index contributed by atoms with van der Waals surface area (Å²) in [6, 6.07) is 0. The van der Waals surface area contributed by atoms with Crippen molar-refractivity contribution in [2.45, 2.75) is 19.9 Å². The lowest BCUT2D eigenvalue weighted by Crippen LogP contribution is -2.29. The molecule has 0 spiro atoms. The van der Waals surface area contributed by atoms with Gasteiger partial charge in [-0.05, 0) is 0 Å². The number of hydrogen-bond donors (Lipinski definition) is 0. The van der Waals surface area contributed by atoms with Crippen molar-refractivity contribution in [3.05, 3.63) is 18.2 Å². The van der Waals surface area contributed by atoms with Crippen molar-refractivity contribution in [3.8, 4) is 0 Å². The van der Waals surface area contributed by atoms with E-state index in [0.29, 0.717) is 0 Å². The molecule has 0 saturated heterocycles. The predicted molar refractivity (Wildman–Crippen MR) is 46.8 cm³/mol. The van der Waals surface area contributed by atoms with Crippen molar-refractivity contribution in [1.29, 1.82) is 0 Å². The molecule has 0 aliphatic carbocycles. The molecule has 0 aliphatic rings. The van der Waals surface area contributed by atoms with Gasteiger partial charge in [-0.25, -0.2) is 9.13 Å². The van der Waals surface area contributed by atoms with E-state index in [1.807, 2.05) is 0 Å². The highest BCUT2D eigenvalue weighted by atomic mass is 16.5. The molecule has 0 unspecified atom stereocenters. The zero-order valence-electron chi connectivity index (χ0n) is 8.08. The van der Waals surface area contributed by atoms with Crippen molar-refractivity contribution in [2.24, 2.45) is 7.05 Å². The lowest BCUT2D eigenvalue weighted by molar-refractivity contribution is -0.677. The van der Waals surface area contributed by atoms with Crippen molar-refractivity contribution in [2.75, 3.05) is 13.7 Å². The Hall–Kier alpha value is -0.830. The molecule has 1 aromatic heterocycles. The van der Waals surface area contributed by atoms with Crippen LogP contribution < -0.4 is 4.57 Å². The van der Waals surface area contributed by atoms with E-state index in [1.165, 1.54) is 5.82 Å². The van der Waals surface area contributed by atoms with Crippen molar-refractivity contribution in [1.82, 2.24) is 4.57 Å². The quantitative estimate of drug-likeness (QED) is 0.478. The molecule has 0 radical (unpaired) electrons. The van der Waals surface area contributed by atoms with E-state index in [2.05, 4.69) is 35.5 Å². The molecule has 0 saturated carbocycles. The summed E-state index contributed by atoms with van der Waals surface area (Å²) in [6.45, 7) is 3.99. The first-order valence-corrected chi connectivity index (χ1v) is 4.26. The number of methoxy groups -OCH3 is 1. The van der Waals surface area contributed by atoms with Gasteiger partial charge in [0.25, 0.3) is 5.82 Å². The molecule has 0 aromatic carbocycles. The smallest absolute Gasteiger partial charge is 0.253 e. The fourth-order valence-corrected chi connectivity index (χ4v) is 1.21. The molecular weight excluding hydrogens is 152 g/mol. The molecule has 1 rings (SSSR count). The van der Waals surface area contributed by atoms with Gasteiger partial charge in [0, 0.05) is 27.1 Å². The molecule has 0 N–H and O–H groups in total. The Balaban J connectivity index is 2.46. The first-order chi connectivity index (χ1) is 5.75. The molecule has 1 heterocycles. The van der Waals surface area contributed by atoms with Gasteiger partial charge in [-0.15, -0.1) is 0 Å². The molecule has 0 fully saturated rings. The Labute approximate surface area is 73.6 Å². The second-order valence-corrected chi connectivity index (χ2v) is 3.00. The fourth-order valence-electron chi connectivity index (χ4n) is 1.21. The number of hydrogen-bond acceptors (Lipinski definition) is 1. The molecule has 68 valence electrons. The van der Waals surface area contributed by atoms with Gasteiger partial charge in [-0.1, -0.05) is 0 Å². The zero-order valence-corrected chi connectivity index (χ0v) is 8.08. The Bertz CT molecular complexity index is 243. The normalized spacial score (nSPS) is 10.6. The molecule has 0 atom stereocenters. The Morgan fingerprint density at radius 3 is 2.83 bits per heavy atom. The Kier molecular flexibility index (Phi) is 3.29. The second-order valence-electron chi connectivity index (χ2n) is 3.00. The molecule has 3 nitrogen and oxygen atoms in total. The summed E-state index contributed by atoms with van der Waals surface area (Å²) >= 11 is 0. The number of rotatable bonds is 4. The van der Waals surface area contributed by atoms with E-state index in [1.54, 1.807) is 7.11 Å². The highest BCUT2D eigenvalue weighted by Crippen LogP contribution is 1.95. The van der Waals surface area contributed by atoms with Crippen LogP contribution in [0.15, 0.2) is 12.4 Å². The van der Waals surface area contributed by atoms with Crippen LogP contribution in [0.1, 0.15) is 12.2 Å². The van der Waals surface area contributed by atoms with Gasteiger partial charge in [0.15, 0.2) is 0 Å². The van der Waals surface area contributed by atoms with Crippen LogP contribution in [0.3, 0.4) is 0 Å². The van der Waals surface area contributed by atoms with Gasteiger partial charge in [0.1, 0.15) is 12.4 Å². The second kappa shape index (κ2) is 4.26. The van der Waals surface area contributed by atoms with E-state index >= 15 is 0 Å². The average molecular weight is 169 g/mol. The van der Waals surface area contributed by atoms with Crippen LogP contribution in [-0.4, -0.2) is 18.3 Å². The van der Waals surface area contributed by atoms with Gasteiger partial charge in [0.2, 0.25) is 0 Å². The molecular formula is C9H17N2O+. The van der Waals surface area contributed by atoms with E-state index in [4.69, 9.17) is 4.74 Å². The maximum atomic E-state index is 4.99. The van der Waals surface area contributed by atoms with Crippen molar-refractivity contribution >= 4 is 0 Å². The summed E-state index contributed by atoms with van der Waals surface area (Å²) in [5.74, 6) is 1.28. The minimum absolute atomic E-state index is 0.835. The summed E-state index contributed by atoms with van der Waals surface area (Å²) < 4.78 is 9.34. The number of aromatic nitrogens is 2. The maximum absolute atomic E-state index is 4.99. The van der Waals surface area contributed by atoms with Crippen LogP contribution in [-0.2, 0) is 18.3 Å². The molecule has 0 aliphatic heterocycles. The van der Waals surface area contributed by atoms with Crippen molar-refractivity contribution < 1.29 is 9.30 Å². The van der Waals surface area contributed by atoms with Crippen LogP contribution in [0, 0.1) is 6.92 Å². The van der Waals surface area contributed by atoms with Crippen LogP contribution in [0.25, 0.3) is 0 Å².